The van der Waals surface area contributed by atoms with Crippen LogP contribution in [0.5, 0.6) is 0 Å². The molecule has 136 valence electrons. The van der Waals surface area contributed by atoms with Crippen molar-refractivity contribution in [2.75, 3.05) is 31.2 Å². The number of ether oxygens (including phenoxy) is 1. The van der Waals surface area contributed by atoms with Crippen molar-refractivity contribution in [3.05, 3.63) is 52.0 Å². The molecule has 1 aromatic heterocycles. The summed E-state index contributed by atoms with van der Waals surface area (Å²) in [6, 6.07) is 7.03. The van der Waals surface area contributed by atoms with Crippen molar-refractivity contribution in [1.82, 2.24) is 15.8 Å². The van der Waals surface area contributed by atoms with Crippen molar-refractivity contribution in [1.29, 1.82) is 0 Å². The van der Waals surface area contributed by atoms with Gasteiger partial charge < -0.3 is 9.64 Å². The van der Waals surface area contributed by atoms with Crippen LogP contribution in [0.1, 0.15) is 16.1 Å². The summed E-state index contributed by atoms with van der Waals surface area (Å²) in [5.74, 6) is -0.911. The second-order valence-electron chi connectivity index (χ2n) is 5.44. The van der Waals surface area contributed by atoms with E-state index < -0.39 is 11.8 Å². The standard InChI is InChI=1S/C17H17ClN4O3S/c18-13-4-1-12(2-5-13)3-6-15(23)20-21-16(24)14-11-26-17(19-14)22-7-9-25-10-8-22/h1-6,11H,7-10H2,(H,20,23)(H,21,24)/b6-3+. The first-order chi connectivity index (χ1) is 12.6. The van der Waals surface area contributed by atoms with E-state index in [1.165, 1.54) is 17.4 Å². The van der Waals surface area contributed by atoms with E-state index in [0.717, 1.165) is 23.8 Å². The number of nitrogens with zero attached hydrogens (tertiary/aromatic N) is 2. The lowest BCUT2D eigenvalue weighted by Gasteiger charge is -2.25. The number of anilines is 1. The Hall–Kier alpha value is -2.42. The van der Waals surface area contributed by atoms with Crippen molar-refractivity contribution in [2.24, 2.45) is 0 Å². The molecule has 3 rings (SSSR count). The highest BCUT2D eigenvalue weighted by atomic mass is 35.5. The molecule has 0 saturated carbocycles. The van der Waals surface area contributed by atoms with Gasteiger partial charge in [0.05, 0.1) is 13.2 Å². The molecule has 2 aromatic rings. The topological polar surface area (TPSA) is 83.6 Å². The smallest absolute Gasteiger partial charge is 0.289 e. The number of amides is 2. The minimum Gasteiger partial charge on any atom is -0.378 e. The normalized spacial score (nSPS) is 14.4. The van der Waals surface area contributed by atoms with E-state index in [2.05, 4.69) is 20.7 Å². The number of thiazole rings is 1. The van der Waals surface area contributed by atoms with Crippen molar-refractivity contribution in [2.45, 2.75) is 0 Å². The molecule has 2 N–H and O–H groups in total. The number of hydrazine groups is 1. The number of carbonyl (C=O) groups is 2. The third-order valence-electron chi connectivity index (χ3n) is 3.60. The lowest BCUT2D eigenvalue weighted by atomic mass is 10.2. The lowest BCUT2D eigenvalue weighted by Crippen LogP contribution is -2.41. The number of halogens is 1. The van der Waals surface area contributed by atoms with Gasteiger partial charge in [0.25, 0.3) is 11.8 Å². The zero-order valence-corrected chi connectivity index (χ0v) is 15.3. The molecule has 1 aliphatic rings. The van der Waals surface area contributed by atoms with Gasteiger partial charge in [-0.25, -0.2) is 4.98 Å². The highest BCUT2D eigenvalue weighted by Gasteiger charge is 2.17. The number of rotatable bonds is 4. The van der Waals surface area contributed by atoms with Crippen LogP contribution in [0.2, 0.25) is 5.02 Å². The fraction of sp³-hybridized carbons (Fsp3) is 0.235. The number of benzene rings is 1. The minimum atomic E-state index is -0.464. The zero-order chi connectivity index (χ0) is 18.4. The van der Waals surface area contributed by atoms with Gasteiger partial charge in [-0.3, -0.25) is 20.4 Å². The molecule has 1 fully saturated rings. The van der Waals surface area contributed by atoms with Gasteiger partial charge in [-0.2, -0.15) is 0 Å². The first-order valence-corrected chi connectivity index (χ1v) is 9.20. The molecule has 2 heterocycles. The summed E-state index contributed by atoms with van der Waals surface area (Å²) in [6.07, 6.45) is 2.95. The molecule has 26 heavy (non-hydrogen) atoms. The summed E-state index contributed by atoms with van der Waals surface area (Å²) >= 11 is 7.19. The summed E-state index contributed by atoms with van der Waals surface area (Å²) < 4.78 is 5.30. The molecule has 0 bridgehead atoms. The second kappa shape index (κ2) is 8.79. The van der Waals surface area contributed by atoms with Crippen molar-refractivity contribution >= 4 is 46.0 Å². The Labute approximate surface area is 159 Å². The van der Waals surface area contributed by atoms with Crippen LogP contribution in [-0.4, -0.2) is 43.1 Å². The van der Waals surface area contributed by atoms with E-state index >= 15 is 0 Å². The summed E-state index contributed by atoms with van der Waals surface area (Å²) in [7, 11) is 0. The largest absolute Gasteiger partial charge is 0.378 e. The highest BCUT2D eigenvalue weighted by Crippen LogP contribution is 2.21. The summed E-state index contributed by atoms with van der Waals surface area (Å²) in [4.78, 5) is 30.3. The molecule has 0 atom stereocenters. The fourth-order valence-electron chi connectivity index (χ4n) is 2.24. The van der Waals surface area contributed by atoms with Gasteiger partial charge in [0, 0.05) is 29.6 Å². The number of aromatic nitrogens is 1. The second-order valence-corrected chi connectivity index (χ2v) is 6.72. The van der Waals surface area contributed by atoms with Gasteiger partial charge in [0.2, 0.25) is 0 Å². The Morgan fingerprint density at radius 2 is 1.92 bits per heavy atom. The Kier molecular flexibility index (Phi) is 6.21. The van der Waals surface area contributed by atoms with Crippen LogP contribution in [0.3, 0.4) is 0 Å². The minimum absolute atomic E-state index is 0.262. The Bertz CT molecular complexity index is 801. The molecule has 0 unspecified atom stereocenters. The molecular formula is C17H17ClN4O3S. The van der Waals surface area contributed by atoms with E-state index in [4.69, 9.17) is 16.3 Å². The molecule has 9 heteroatoms. The van der Waals surface area contributed by atoms with Crippen LogP contribution >= 0.6 is 22.9 Å². The Balaban J connectivity index is 1.49. The third kappa shape index (κ3) is 5.04. The first kappa shape index (κ1) is 18.4. The SMILES string of the molecule is O=C(/C=C/c1ccc(Cl)cc1)NNC(=O)c1csc(N2CCOCC2)n1. The maximum Gasteiger partial charge on any atom is 0.289 e. The van der Waals surface area contributed by atoms with Crippen LogP contribution in [0.25, 0.3) is 6.08 Å². The van der Waals surface area contributed by atoms with E-state index in [0.29, 0.717) is 18.2 Å². The van der Waals surface area contributed by atoms with E-state index in [-0.39, 0.29) is 5.69 Å². The zero-order valence-electron chi connectivity index (χ0n) is 13.8. The van der Waals surface area contributed by atoms with E-state index in [1.54, 1.807) is 35.7 Å². The molecule has 1 aromatic carbocycles. The predicted octanol–water partition coefficient (Wildman–Crippen LogP) is 2.11. The van der Waals surface area contributed by atoms with Gasteiger partial charge in [-0.05, 0) is 23.8 Å². The van der Waals surface area contributed by atoms with Crippen molar-refractivity contribution in [3.8, 4) is 0 Å². The van der Waals surface area contributed by atoms with Crippen LogP contribution in [-0.2, 0) is 9.53 Å². The number of hydrogen-bond acceptors (Lipinski definition) is 6. The number of morpholine rings is 1. The van der Waals surface area contributed by atoms with Crippen LogP contribution in [0.15, 0.2) is 35.7 Å². The van der Waals surface area contributed by atoms with Crippen molar-refractivity contribution < 1.29 is 14.3 Å². The third-order valence-corrected chi connectivity index (χ3v) is 4.76. The molecule has 0 aliphatic carbocycles. The molecule has 1 aliphatic heterocycles. The average molecular weight is 393 g/mol. The maximum atomic E-state index is 12.1. The molecule has 0 radical (unpaired) electrons. The molecule has 7 nitrogen and oxygen atoms in total. The Morgan fingerprint density at radius 1 is 1.19 bits per heavy atom. The molecule has 1 saturated heterocycles. The molecule has 0 spiro atoms. The summed E-state index contributed by atoms with van der Waals surface area (Å²) in [6.45, 7) is 2.80. The first-order valence-electron chi connectivity index (χ1n) is 7.94. The van der Waals surface area contributed by atoms with Crippen molar-refractivity contribution in [3.63, 3.8) is 0 Å². The monoisotopic (exact) mass is 392 g/mol. The van der Waals surface area contributed by atoms with Crippen LogP contribution in [0.4, 0.5) is 5.13 Å². The van der Waals surface area contributed by atoms with Crippen LogP contribution in [0, 0.1) is 0 Å². The van der Waals surface area contributed by atoms with Gasteiger partial charge in [-0.1, -0.05) is 23.7 Å². The van der Waals surface area contributed by atoms with Gasteiger partial charge in [0.1, 0.15) is 5.69 Å². The van der Waals surface area contributed by atoms with E-state index in [1.807, 2.05) is 0 Å². The van der Waals surface area contributed by atoms with E-state index in [9.17, 15) is 9.59 Å². The summed E-state index contributed by atoms with van der Waals surface area (Å²) in [5.41, 5.74) is 5.77. The van der Waals surface area contributed by atoms with Gasteiger partial charge in [-0.15, -0.1) is 11.3 Å². The molecule has 2 amide bonds. The Morgan fingerprint density at radius 3 is 2.65 bits per heavy atom. The number of nitrogens with one attached hydrogen (secondary N) is 2. The van der Waals surface area contributed by atoms with Gasteiger partial charge >= 0.3 is 0 Å². The van der Waals surface area contributed by atoms with Gasteiger partial charge in [0.15, 0.2) is 5.13 Å². The highest BCUT2D eigenvalue weighted by molar-refractivity contribution is 7.13. The summed E-state index contributed by atoms with van der Waals surface area (Å²) in [5, 5.41) is 3.06. The fourth-order valence-corrected chi connectivity index (χ4v) is 3.22. The number of carbonyl (C=O) groups excluding carboxylic acids is 2. The average Bonchev–Trinajstić information content (AvgIpc) is 3.17. The molecular weight excluding hydrogens is 376 g/mol. The quantitative estimate of drug-likeness (QED) is 0.615. The maximum absolute atomic E-state index is 12.1. The lowest BCUT2D eigenvalue weighted by molar-refractivity contribution is -0.117. The predicted molar refractivity (Wildman–Crippen MR) is 101 cm³/mol. The van der Waals surface area contributed by atoms with Crippen LogP contribution < -0.4 is 15.8 Å². The number of hydrogen-bond donors (Lipinski definition) is 2.